The Morgan fingerprint density at radius 1 is 1.14 bits per heavy atom. The van der Waals surface area contributed by atoms with Gasteiger partial charge < -0.3 is 4.74 Å². The van der Waals surface area contributed by atoms with Crippen LogP contribution < -0.4 is 0 Å². The minimum absolute atomic E-state index is 0.124. The van der Waals surface area contributed by atoms with Gasteiger partial charge in [0.1, 0.15) is 0 Å². The highest BCUT2D eigenvalue weighted by Crippen LogP contribution is 2.30. The molecule has 0 aliphatic carbocycles. The van der Waals surface area contributed by atoms with Crippen LogP contribution in [0.1, 0.15) is 19.4 Å². The van der Waals surface area contributed by atoms with Crippen LogP contribution in [0.3, 0.4) is 0 Å². The van der Waals surface area contributed by atoms with E-state index in [0.29, 0.717) is 5.82 Å². The zero-order valence-corrected chi connectivity index (χ0v) is 16.4. The van der Waals surface area contributed by atoms with E-state index in [1.54, 1.807) is 0 Å². The Morgan fingerprint density at radius 3 is 2.38 bits per heavy atom. The molecule has 9 nitrogen and oxygen atoms in total. The number of aromatic amines is 1. The molecule has 0 saturated heterocycles. The molecule has 1 heterocycles. The summed E-state index contributed by atoms with van der Waals surface area (Å²) in [4.78, 5) is 23.4. The van der Waals surface area contributed by atoms with Gasteiger partial charge >= 0.3 is 5.97 Å². The molecule has 0 radical (unpaired) electrons. The molecular weight excluding hydrogens is 372 g/mol. The summed E-state index contributed by atoms with van der Waals surface area (Å²) in [5, 5.41) is 18.5. The lowest BCUT2D eigenvalue weighted by molar-refractivity contribution is -0.149. The number of H-pyrrole nitrogens is 1. The number of aromatic nitrogens is 4. The summed E-state index contributed by atoms with van der Waals surface area (Å²) in [6, 6.07) is 14.7. The van der Waals surface area contributed by atoms with E-state index in [1.807, 2.05) is 62.4 Å². The summed E-state index contributed by atoms with van der Waals surface area (Å²) in [6.45, 7) is 3.89. The molecule has 0 fully saturated rings. The van der Waals surface area contributed by atoms with Crippen LogP contribution in [0.15, 0.2) is 53.8 Å². The number of carbonyl (C=O) groups excluding carboxylic acids is 1. The average Bonchev–Trinajstić information content (AvgIpc) is 3.28. The summed E-state index contributed by atoms with van der Waals surface area (Å²) in [5.41, 5.74) is 3.63. The molecule has 2 aromatic carbocycles. The van der Waals surface area contributed by atoms with Gasteiger partial charge in [-0.25, -0.2) is 9.80 Å². The predicted octanol–water partition coefficient (Wildman–Crippen LogP) is 3.21. The van der Waals surface area contributed by atoms with Gasteiger partial charge in [0.15, 0.2) is 6.04 Å². The van der Waals surface area contributed by atoms with Gasteiger partial charge in [-0.2, -0.15) is 5.21 Å². The van der Waals surface area contributed by atoms with E-state index in [0.717, 1.165) is 22.3 Å². The molecule has 0 aliphatic rings. The quantitative estimate of drug-likeness (QED) is 0.354. The summed E-state index contributed by atoms with van der Waals surface area (Å²) < 4.78 is 4.82. The first kappa shape index (κ1) is 20.1. The van der Waals surface area contributed by atoms with Crippen LogP contribution in [0.5, 0.6) is 0 Å². The van der Waals surface area contributed by atoms with E-state index >= 15 is 0 Å². The fourth-order valence-electron chi connectivity index (χ4n) is 3.22. The third kappa shape index (κ3) is 4.45. The zero-order chi connectivity index (χ0) is 20.8. The molecule has 0 amide bonds. The number of esters is 1. The summed E-state index contributed by atoms with van der Waals surface area (Å²) in [7, 11) is 1.30. The van der Waals surface area contributed by atoms with Crippen LogP contribution in [-0.4, -0.2) is 44.8 Å². The van der Waals surface area contributed by atoms with Crippen LogP contribution in [0.4, 0.5) is 0 Å². The highest BCUT2D eigenvalue weighted by molar-refractivity contribution is 5.80. The summed E-state index contributed by atoms with van der Waals surface area (Å²) >= 11 is 0. The monoisotopic (exact) mass is 394 g/mol. The van der Waals surface area contributed by atoms with E-state index in [4.69, 9.17) is 4.74 Å². The van der Waals surface area contributed by atoms with Crippen LogP contribution in [-0.2, 0) is 16.1 Å². The predicted molar refractivity (Wildman–Crippen MR) is 107 cm³/mol. The third-order valence-electron chi connectivity index (χ3n) is 4.62. The van der Waals surface area contributed by atoms with Crippen molar-refractivity contribution < 1.29 is 9.53 Å². The Labute approximate surface area is 168 Å². The Bertz CT molecular complexity index is 957. The minimum Gasteiger partial charge on any atom is -0.467 e. The maximum Gasteiger partial charge on any atom is 0.330 e. The van der Waals surface area contributed by atoms with E-state index < -0.39 is 12.0 Å². The summed E-state index contributed by atoms with van der Waals surface area (Å²) in [6.07, 6.45) is 0. The van der Waals surface area contributed by atoms with Crippen molar-refractivity contribution in [1.29, 1.82) is 0 Å². The maximum atomic E-state index is 12.1. The second-order valence-electron chi connectivity index (χ2n) is 6.87. The second-order valence-corrected chi connectivity index (χ2v) is 6.87. The molecule has 150 valence electrons. The largest absolute Gasteiger partial charge is 0.467 e. The van der Waals surface area contributed by atoms with E-state index in [9.17, 15) is 9.70 Å². The minimum atomic E-state index is -0.740. The van der Waals surface area contributed by atoms with Crippen LogP contribution in [0.25, 0.3) is 22.5 Å². The van der Waals surface area contributed by atoms with Crippen molar-refractivity contribution in [1.82, 2.24) is 25.6 Å². The first-order valence-electron chi connectivity index (χ1n) is 9.15. The number of nitrogens with zero attached hydrogens (tertiary/aromatic N) is 5. The number of hydrogen-bond donors (Lipinski definition) is 1. The van der Waals surface area contributed by atoms with E-state index in [1.165, 1.54) is 12.1 Å². The number of nitroso groups, excluding NO2 is 1. The molecule has 3 aromatic rings. The fourth-order valence-corrected chi connectivity index (χ4v) is 3.22. The first-order valence-corrected chi connectivity index (χ1v) is 9.15. The lowest BCUT2D eigenvalue weighted by Gasteiger charge is -2.27. The van der Waals surface area contributed by atoms with Gasteiger partial charge in [0.05, 0.1) is 18.9 Å². The molecule has 0 bridgehead atoms. The number of rotatable bonds is 8. The van der Waals surface area contributed by atoms with Crippen molar-refractivity contribution >= 4 is 5.97 Å². The number of carbonyl (C=O) groups is 1. The van der Waals surface area contributed by atoms with Gasteiger partial charge in [0.25, 0.3) is 0 Å². The van der Waals surface area contributed by atoms with Gasteiger partial charge in [-0.3, -0.25) is 0 Å². The van der Waals surface area contributed by atoms with Crippen molar-refractivity contribution in [3.05, 3.63) is 59.0 Å². The van der Waals surface area contributed by atoms with Gasteiger partial charge in [-0.05, 0) is 27.8 Å². The Kier molecular flexibility index (Phi) is 6.28. The van der Waals surface area contributed by atoms with Crippen molar-refractivity contribution in [3.8, 4) is 22.5 Å². The van der Waals surface area contributed by atoms with Gasteiger partial charge in [-0.15, -0.1) is 15.1 Å². The van der Waals surface area contributed by atoms with Crippen molar-refractivity contribution in [2.75, 3.05) is 7.11 Å². The third-order valence-corrected chi connectivity index (χ3v) is 4.62. The number of nitrogens with one attached hydrogen (secondary N) is 1. The fraction of sp³-hybridized carbons (Fsp3) is 0.300. The van der Waals surface area contributed by atoms with E-state index in [-0.39, 0.29) is 12.5 Å². The molecule has 0 spiro atoms. The Hall–Kier alpha value is -3.62. The second kappa shape index (κ2) is 9.05. The first-order chi connectivity index (χ1) is 14.0. The maximum absolute atomic E-state index is 12.1. The molecule has 0 aliphatic heterocycles. The number of ether oxygens (including phenoxy) is 1. The van der Waals surface area contributed by atoms with E-state index in [2.05, 4.69) is 25.9 Å². The van der Waals surface area contributed by atoms with Crippen molar-refractivity contribution in [2.24, 2.45) is 11.2 Å². The highest BCUT2D eigenvalue weighted by Gasteiger charge is 2.30. The molecule has 0 saturated carbocycles. The molecule has 1 atom stereocenters. The van der Waals surface area contributed by atoms with Gasteiger partial charge in [0, 0.05) is 5.56 Å². The lowest BCUT2D eigenvalue weighted by Crippen LogP contribution is -2.41. The molecule has 29 heavy (non-hydrogen) atoms. The summed E-state index contributed by atoms with van der Waals surface area (Å²) in [5.74, 6) is -0.0922. The standard InChI is InChI=1S/C20H22N6O3/c1-13(2)18(20(27)29-3)26(25-28)12-14-8-10-15(11-9-14)16-6-4-5-7-17(16)19-21-23-24-22-19/h4-11,13,18H,12H2,1-3H3,(H,21,22,23,24)/t18-/m1/s1. The van der Waals surface area contributed by atoms with Crippen molar-refractivity contribution in [3.63, 3.8) is 0 Å². The Morgan fingerprint density at radius 2 is 1.83 bits per heavy atom. The normalized spacial score (nSPS) is 11.9. The lowest BCUT2D eigenvalue weighted by atomic mass is 9.98. The molecular formula is C20H22N6O3. The molecule has 0 unspecified atom stereocenters. The molecule has 1 aromatic heterocycles. The topological polar surface area (TPSA) is 113 Å². The molecule has 9 heteroatoms. The van der Waals surface area contributed by atoms with Crippen LogP contribution in [0, 0.1) is 10.8 Å². The Balaban J connectivity index is 1.84. The number of hydrogen-bond acceptors (Lipinski definition) is 7. The van der Waals surface area contributed by atoms with Crippen LogP contribution >= 0.6 is 0 Å². The van der Waals surface area contributed by atoms with Gasteiger partial charge in [-0.1, -0.05) is 62.4 Å². The average molecular weight is 394 g/mol. The zero-order valence-electron chi connectivity index (χ0n) is 16.4. The van der Waals surface area contributed by atoms with Crippen LogP contribution in [0.2, 0.25) is 0 Å². The molecule has 1 N–H and O–H groups in total. The smallest absolute Gasteiger partial charge is 0.330 e. The van der Waals surface area contributed by atoms with Gasteiger partial charge in [0.2, 0.25) is 5.82 Å². The SMILES string of the molecule is COC(=O)[C@@H](C(C)C)N(Cc1ccc(-c2ccccc2-c2nn[nH]n2)cc1)N=O. The molecule has 3 rings (SSSR count). The number of tetrazole rings is 1. The highest BCUT2D eigenvalue weighted by atomic mass is 16.5. The number of benzene rings is 2. The van der Waals surface area contributed by atoms with Crippen molar-refractivity contribution in [2.45, 2.75) is 26.4 Å². The number of methoxy groups -OCH3 is 1.